The number of carbonyl (C=O) groups excluding carboxylic acids is 1. The van der Waals surface area contributed by atoms with Crippen LogP contribution in [0.25, 0.3) is 0 Å². The minimum atomic E-state index is -0.518. The molecular formula is C18H18ClN3O3. The molecule has 0 radical (unpaired) electrons. The summed E-state index contributed by atoms with van der Waals surface area (Å²) in [5.41, 5.74) is 1.72. The van der Waals surface area contributed by atoms with Gasteiger partial charge in [-0.05, 0) is 35.9 Å². The van der Waals surface area contributed by atoms with Crippen LogP contribution >= 0.6 is 11.6 Å². The number of esters is 1. The van der Waals surface area contributed by atoms with Crippen molar-refractivity contribution in [3.8, 4) is 5.75 Å². The van der Waals surface area contributed by atoms with Crippen LogP contribution in [0.5, 0.6) is 5.75 Å². The summed E-state index contributed by atoms with van der Waals surface area (Å²) in [6.45, 7) is 7.90. The fourth-order valence-electron chi connectivity index (χ4n) is 2.18. The zero-order valence-electron chi connectivity index (χ0n) is 13.7. The molecule has 0 saturated heterocycles. The maximum atomic E-state index is 11.6. The molecule has 25 heavy (non-hydrogen) atoms. The average Bonchev–Trinajstić information content (AvgIpc) is 2.60. The third-order valence-electron chi connectivity index (χ3n) is 3.41. The number of hydrogen-bond acceptors (Lipinski definition) is 6. The summed E-state index contributed by atoms with van der Waals surface area (Å²) in [5, 5.41) is 18.2. The number of phenolic OH excluding ortho intramolecular Hbond substituents is 1. The molecule has 0 saturated carbocycles. The molecule has 6 nitrogen and oxygen atoms in total. The molecule has 0 heterocycles. The van der Waals surface area contributed by atoms with E-state index in [0.29, 0.717) is 18.1 Å². The van der Waals surface area contributed by atoms with Crippen LogP contribution in [0.3, 0.4) is 0 Å². The van der Waals surface area contributed by atoms with Crippen LogP contribution in [0.15, 0.2) is 60.0 Å². The Hall–Kier alpha value is -2.99. The second kappa shape index (κ2) is 8.21. The number of nitrogens with one attached hydrogen (secondary N) is 1. The molecule has 2 aromatic rings. The highest BCUT2D eigenvalue weighted by Gasteiger charge is 2.15. The maximum absolute atomic E-state index is 11.6. The molecule has 0 aromatic heterocycles. The van der Waals surface area contributed by atoms with Gasteiger partial charge in [0.05, 0.1) is 23.4 Å². The molecule has 2 rings (SSSR count). The molecule has 0 aliphatic heterocycles. The molecule has 0 unspecified atom stereocenters. The Labute approximate surface area is 151 Å². The Morgan fingerprint density at radius 3 is 2.72 bits per heavy atom. The van der Waals surface area contributed by atoms with Crippen molar-refractivity contribution in [1.29, 1.82) is 0 Å². The van der Waals surface area contributed by atoms with E-state index in [1.807, 2.05) is 6.07 Å². The van der Waals surface area contributed by atoms with Crippen molar-refractivity contribution >= 4 is 30.0 Å². The second-order valence-electron chi connectivity index (χ2n) is 5.08. The molecule has 2 aromatic carbocycles. The van der Waals surface area contributed by atoms with Gasteiger partial charge < -0.3 is 15.2 Å². The molecule has 0 amide bonds. The van der Waals surface area contributed by atoms with Crippen LogP contribution in [0.2, 0.25) is 5.02 Å². The third kappa shape index (κ3) is 4.51. The Balaban J connectivity index is 2.13. The van der Waals surface area contributed by atoms with Gasteiger partial charge in [0.25, 0.3) is 0 Å². The van der Waals surface area contributed by atoms with Crippen molar-refractivity contribution in [1.82, 2.24) is 5.32 Å². The number of ether oxygens (including phenoxy) is 1. The SMILES string of the molecule is C=NN(C(=C)NCc1cccc(O)c1)c1ccc(C(=O)OC)c(Cl)c1. The zero-order valence-corrected chi connectivity index (χ0v) is 14.5. The first-order valence-corrected chi connectivity index (χ1v) is 7.69. The zero-order chi connectivity index (χ0) is 18.4. The summed E-state index contributed by atoms with van der Waals surface area (Å²) in [6, 6.07) is 11.6. The predicted octanol–water partition coefficient (Wildman–Crippen LogP) is 3.52. The molecule has 0 aliphatic carbocycles. The molecular weight excluding hydrogens is 342 g/mol. The van der Waals surface area contributed by atoms with Crippen molar-refractivity contribution in [2.24, 2.45) is 5.10 Å². The second-order valence-corrected chi connectivity index (χ2v) is 5.49. The molecule has 0 aliphatic rings. The number of carbonyl (C=O) groups is 1. The first-order valence-electron chi connectivity index (χ1n) is 7.31. The Morgan fingerprint density at radius 1 is 1.36 bits per heavy atom. The lowest BCUT2D eigenvalue weighted by Gasteiger charge is -2.22. The topological polar surface area (TPSA) is 74.2 Å². The van der Waals surface area contributed by atoms with Gasteiger partial charge in [-0.2, -0.15) is 5.10 Å². The lowest BCUT2D eigenvalue weighted by atomic mass is 10.2. The van der Waals surface area contributed by atoms with Crippen molar-refractivity contribution in [2.75, 3.05) is 12.1 Å². The smallest absolute Gasteiger partial charge is 0.339 e. The monoisotopic (exact) mass is 359 g/mol. The van der Waals surface area contributed by atoms with Crippen LogP contribution in [0.1, 0.15) is 15.9 Å². The van der Waals surface area contributed by atoms with E-state index < -0.39 is 5.97 Å². The van der Waals surface area contributed by atoms with Gasteiger partial charge in [0.2, 0.25) is 0 Å². The van der Waals surface area contributed by atoms with E-state index in [2.05, 4.69) is 28.5 Å². The summed E-state index contributed by atoms with van der Waals surface area (Å²) < 4.78 is 4.67. The van der Waals surface area contributed by atoms with Crippen LogP contribution < -0.4 is 10.3 Å². The van der Waals surface area contributed by atoms with E-state index in [-0.39, 0.29) is 16.3 Å². The molecule has 7 heteroatoms. The number of aromatic hydroxyl groups is 1. The van der Waals surface area contributed by atoms with E-state index in [4.69, 9.17) is 11.6 Å². The predicted molar refractivity (Wildman–Crippen MR) is 98.9 cm³/mol. The minimum Gasteiger partial charge on any atom is -0.508 e. The van der Waals surface area contributed by atoms with Crippen molar-refractivity contribution in [3.05, 3.63) is 71.0 Å². The number of anilines is 1. The average molecular weight is 360 g/mol. The number of hydrazone groups is 1. The van der Waals surface area contributed by atoms with E-state index in [0.717, 1.165) is 5.56 Å². The van der Waals surface area contributed by atoms with Gasteiger partial charge >= 0.3 is 5.97 Å². The fourth-order valence-corrected chi connectivity index (χ4v) is 2.43. The molecule has 130 valence electrons. The summed E-state index contributed by atoms with van der Waals surface area (Å²) in [4.78, 5) is 11.6. The molecule has 0 fully saturated rings. The van der Waals surface area contributed by atoms with Crippen molar-refractivity contribution in [3.63, 3.8) is 0 Å². The van der Waals surface area contributed by atoms with Gasteiger partial charge in [-0.15, -0.1) is 0 Å². The van der Waals surface area contributed by atoms with E-state index in [1.165, 1.54) is 12.1 Å². The van der Waals surface area contributed by atoms with Gasteiger partial charge in [-0.3, -0.25) is 0 Å². The van der Waals surface area contributed by atoms with Crippen LogP contribution in [-0.2, 0) is 11.3 Å². The lowest BCUT2D eigenvalue weighted by molar-refractivity contribution is 0.0601. The largest absolute Gasteiger partial charge is 0.508 e. The number of phenols is 1. The van der Waals surface area contributed by atoms with Gasteiger partial charge in [0.15, 0.2) is 0 Å². The van der Waals surface area contributed by atoms with E-state index in [1.54, 1.807) is 36.4 Å². The van der Waals surface area contributed by atoms with Gasteiger partial charge in [0, 0.05) is 13.3 Å². The summed E-state index contributed by atoms with van der Waals surface area (Å²) in [5.74, 6) is 0.129. The molecule has 0 atom stereocenters. The molecule has 2 N–H and O–H groups in total. The van der Waals surface area contributed by atoms with Crippen molar-refractivity contribution < 1.29 is 14.6 Å². The number of halogens is 1. The highest BCUT2D eigenvalue weighted by molar-refractivity contribution is 6.33. The number of benzene rings is 2. The third-order valence-corrected chi connectivity index (χ3v) is 3.72. The number of methoxy groups -OCH3 is 1. The van der Waals surface area contributed by atoms with E-state index in [9.17, 15) is 9.90 Å². The van der Waals surface area contributed by atoms with Crippen LogP contribution in [-0.4, -0.2) is 24.9 Å². The highest BCUT2D eigenvalue weighted by Crippen LogP contribution is 2.26. The first-order chi connectivity index (χ1) is 12.0. The minimum absolute atomic E-state index is 0.189. The lowest BCUT2D eigenvalue weighted by Crippen LogP contribution is -2.26. The van der Waals surface area contributed by atoms with Crippen LogP contribution in [0, 0.1) is 0 Å². The van der Waals surface area contributed by atoms with E-state index >= 15 is 0 Å². The summed E-state index contributed by atoms with van der Waals surface area (Å²) in [6.07, 6.45) is 0. The number of nitrogens with zero attached hydrogens (tertiary/aromatic N) is 2. The van der Waals surface area contributed by atoms with Crippen LogP contribution in [0.4, 0.5) is 5.69 Å². The normalized spacial score (nSPS) is 10.0. The molecule has 0 spiro atoms. The summed E-state index contributed by atoms with van der Waals surface area (Å²) >= 11 is 6.13. The quantitative estimate of drug-likeness (QED) is 0.449. The Kier molecular flexibility index (Phi) is 6.03. The first kappa shape index (κ1) is 18.4. The van der Waals surface area contributed by atoms with Gasteiger partial charge in [-0.1, -0.05) is 30.3 Å². The standard InChI is InChI=1S/C18H18ClN3O3/c1-12(21-11-13-5-4-6-15(23)9-13)22(20-2)14-7-8-16(17(19)10-14)18(24)25-3/h4-10,21,23H,1-2,11H2,3H3. The number of rotatable bonds is 7. The van der Waals surface area contributed by atoms with Crippen molar-refractivity contribution in [2.45, 2.75) is 6.54 Å². The Bertz CT molecular complexity index is 808. The Morgan fingerprint density at radius 2 is 2.12 bits per heavy atom. The summed E-state index contributed by atoms with van der Waals surface area (Å²) in [7, 11) is 1.29. The molecule has 0 bridgehead atoms. The van der Waals surface area contributed by atoms with Gasteiger partial charge in [0.1, 0.15) is 11.6 Å². The van der Waals surface area contributed by atoms with Gasteiger partial charge in [-0.25, -0.2) is 9.80 Å². The maximum Gasteiger partial charge on any atom is 0.339 e. The highest BCUT2D eigenvalue weighted by atomic mass is 35.5. The number of hydrogen-bond donors (Lipinski definition) is 2. The fraction of sp³-hybridized carbons (Fsp3) is 0.111.